The molecule has 0 spiro atoms. The van der Waals surface area contributed by atoms with Crippen molar-refractivity contribution in [2.45, 2.75) is 64.4 Å². The van der Waals surface area contributed by atoms with Crippen LogP contribution in [-0.2, 0) is 26.0 Å². The van der Waals surface area contributed by atoms with E-state index in [1.165, 1.54) is 24.1 Å². The zero-order chi connectivity index (χ0) is 30.2. The topological polar surface area (TPSA) is 96.0 Å². The van der Waals surface area contributed by atoms with Gasteiger partial charge in [0.05, 0.1) is 17.7 Å². The van der Waals surface area contributed by atoms with E-state index >= 15 is 0 Å². The maximum absolute atomic E-state index is 14.2. The number of rotatable bonds is 13. The van der Waals surface area contributed by atoms with Crippen LogP contribution in [0.1, 0.15) is 43.9 Å². The molecule has 3 aromatic carbocycles. The summed E-state index contributed by atoms with van der Waals surface area (Å²) < 4.78 is 34.8. The molecule has 0 fully saturated rings. The molecule has 2 amide bonds. The van der Waals surface area contributed by atoms with Crippen LogP contribution in [-0.4, -0.2) is 57.4 Å². The highest BCUT2D eigenvalue weighted by molar-refractivity contribution is 7.92. The minimum absolute atomic E-state index is 0.0555. The van der Waals surface area contributed by atoms with Crippen LogP contribution in [0.3, 0.4) is 0 Å². The van der Waals surface area contributed by atoms with Crippen LogP contribution < -0.4 is 14.4 Å². The molecule has 0 saturated heterocycles. The van der Waals surface area contributed by atoms with Crippen molar-refractivity contribution in [3.8, 4) is 5.75 Å². The van der Waals surface area contributed by atoms with Crippen molar-refractivity contribution in [1.29, 1.82) is 0 Å². The summed E-state index contributed by atoms with van der Waals surface area (Å²) in [5, 5.41) is 2.91. The first-order chi connectivity index (χ1) is 19.5. The highest BCUT2D eigenvalue weighted by Gasteiger charge is 2.34. The smallest absolute Gasteiger partial charge is 0.264 e. The fraction of sp³-hybridized carbons (Fsp3) is 0.375. The summed E-state index contributed by atoms with van der Waals surface area (Å²) in [6, 6.07) is 20.5. The molecule has 0 aromatic heterocycles. The third-order valence-corrected chi connectivity index (χ3v) is 8.57. The predicted molar refractivity (Wildman–Crippen MR) is 163 cm³/mol. The van der Waals surface area contributed by atoms with E-state index in [0.717, 1.165) is 21.0 Å². The number of ether oxygens (including phenoxy) is 1. The molecule has 0 aliphatic carbocycles. The third-order valence-electron chi connectivity index (χ3n) is 6.79. The SMILES string of the molecule is CC[C@H](C(=O)NC(C)C)N(CCc1ccccc1)C(=O)CN(c1cc(C)ccc1OC)S(=O)(=O)c1ccc(C)cc1. The van der Waals surface area contributed by atoms with Gasteiger partial charge in [0.2, 0.25) is 11.8 Å². The molecule has 3 aromatic rings. The molecule has 41 heavy (non-hydrogen) atoms. The number of benzene rings is 3. The molecule has 8 nitrogen and oxygen atoms in total. The van der Waals surface area contributed by atoms with Gasteiger partial charge in [-0.25, -0.2) is 8.42 Å². The Morgan fingerprint density at radius 1 is 0.927 bits per heavy atom. The van der Waals surface area contributed by atoms with E-state index in [-0.39, 0.29) is 29.1 Å². The van der Waals surface area contributed by atoms with Crippen LogP contribution in [0.15, 0.2) is 77.7 Å². The van der Waals surface area contributed by atoms with Gasteiger partial charge in [-0.05, 0) is 75.9 Å². The Morgan fingerprint density at radius 2 is 1.56 bits per heavy atom. The summed E-state index contributed by atoms with van der Waals surface area (Å²) in [6.45, 7) is 9.03. The third kappa shape index (κ3) is 8.10. The lowest BCUT2D eigenvalue weighted by molar-refractivity contribution is -0.139. The number of sulfonamides is 1. The lowest BCUT2D eigenvalue weighted by Gasteiger charge is -2.34. The molecular formula is C32H41N3O5S. The summed E-state index contributed by atoms with van der Waals surface area (Å²) in [7, 11) is -2.72. The van der Waals surface area contributed by atoms with E-state index in [0.29, 0.717) is 18.6 Å². The van der Waals surface area contributed by atoms with Gasteiger partial charge in [-0.1, -0.05) is 61.0 Å². The zero-order valence-corrected chi connectivity index (χ0v) is 25.6. The number of nitrogens with zero attached hydrogens (tertiary/aromatic N) is 2. The molecule has 0 unspecified atom stereocenters. The Morgan fingerprint density at radius 3 is 2.15 bits per heavy atom. The van der Waals surface area contributed by atoms with Crippen molar-refractivity contribution in [3.05, 3.63) is 89.5 Å². The Balaban J connectivity index is 2.08. The van der Waals surface area contributed by atoms with Gasteiger partial charge in [0, 0.05) is 12.6 Å². The Labute approximate surface area is 244 Å². The fourth-order valence-corrected chi connectivity index (χ4v) is 6.04. The maximum atomic E-state index is 14.2. The number of hydrogen-bond donors (Lipinski definition) is 1. The molecule has 1 N–H and O–H groups in total. The van der Waals surface area contributed by atoms with Gasteiger partial charge in [-0.15, -0.1) is 0 Å². The van der Waals surface area contributed by atoms with Crippen LogP contribution in [0.2, 0.25) is 0 Å². The number of aryl methyl sites for hydroxylation is 2. The summed E-state index contributed by atoms with van der Waals surface area (Å²) in [4.78, 5) is 29.0. The van der Waals surface area contributed by atoms with Crippen molar-refractivity contribution in [2.24, 2.45) is 0 Å². The minimum Gasteiger partial charge on any atom is -0.495 e. The first-order valence-corrected chi connectivity index (χ1v) is 15.3. The lowest BCUT2D eigenvalue weighted by Crippen LogP contribution is -2.54. The first kappa shape index (κ1) is 31.7. The van der Waals surface area contributed by atoms with Crippen molar-refractivity contribution in [1.82, 2.24) is 10.2 Å². The zero-order valence-electron chi connectivity index (χ0n) is 24.8. The molecule has 1 atom stereocenters. The summed E-state index contributed by atoms with van der Waals surface area (Å²) in [6.07, 6.45) is 0.883. The fourth-order valence-electron chi connectivity index (χ4n) is 4.62. The van der Waals surface area contributed by atoms with Gasteiger partial charge in [-0.2, -0.15) is 0 Å². The Hall–Kier alpha value is -3.85. The second-order valence-electron chi connectivity index (χ2n) is 10.4. The summed E-state index contributed by atoms with van der Waals surface area (Å²) in [5.41, 5.74) is 2.98. The summed E-state index contributed by atoms with van der Waals surface area (Å²) >= 11 is 0. The molecule has 0 bridgehead atoms. The highest BCUT2D eigenvalue weighted by Crippen LogP contribution is 2.33. The molecule has 0 radical (unpaired) electrons. The Bertz CT molecular complexity index is 1420. The highest BCUT2D eigenvalue weighted by atomic mass is 32.2. The van der Waals surface area contributed by atoms with Crippen molar-refractivity contribution in [3.63, 3.8) is 0 Å². The number of hydrogen-bond acceptors (Lipinski definition) is 5. The number of carbonyl (C=O) groups is 2. The average Bonchev–Trinajstić information content (AvgIpc) is 2.94. The summed E-state index contributed by atoms with van der Waals surface area (Å²) in [5.74, 6) is -0.435. The largest absolute Gasteiger partial charge is 0.495 e. The monoisotopic (exact) mass is 579 g/mol. The predicted octanol–water partition coefficient (Wildman–Crippen LogP) is 4.88. The molecular weight excluding hydrogens is 538 g/mol. The van der Waals surface area contributed by atoms with Crippen LogP contribution >= 0.6 is 0 Å². The van der Waals surface area contributed by atoms with E-state index in [2.05, 4.69) is 5.32 Å². The lowest BCUT2D eigenvalue weighted by atomic mass is 10.1. The van der Waals surface area contributed by atoms with Crippen molar-refractivity contribution < 1.29 is 22.7 Å². The van der Waals surface area contributed by atoms with E-state index in [4.69, 9.17) is 4.74 Å². The van der Waals surface area contributed by atoms with Crippen molar-refractivity contribution >= 4 is 27.5 Å². The molecule has 0 saturated carbocycles. The van der Waals surface area contributed by atoms with Crippen molar-refractivity contribution in [2.75, 3.05) is 24.5 Å². The second kappa shape index (κ2) is 14.2. The first-order valence-electron chi connectivity index (χ1n) is 13.9. The molecule has 0 aliphatic rings. The van der Waals surface area contributed by atoms with Gasteiger partial charge in [0.1, 0.15) is 18.3 Å². The van der Waals surface area contributed by atoms with Crippen LogP contribution in [0.5, 0.6) is 5.75 Å². The van der Waals surface area contributed by atoms with Gasteiger partial charge in [0.25, 0.3) is 10.0 Å². The van der Waals surface area contributed by atoms with Crippen LogP contribution in [0.25, 0.3) is 0 Å². The molecule has 3 rings (SSSR count). The van der Waals surface area contributed by atoms with Gasteiger partial charge in [-0.3, -0.25) is 13.9 Å². The Kier molecular flexibility index (Phi) is 10.9. The minimum atomic E-state index is -4.18. The van der Waals surface area contributed by atoms with Gasteiger partial charge in [0.15, 0.2) is 0 Å². The molecule has 0 heterocycles. The van der Waals surface area contributed by atoms with Gasteiger partial charge >= 0.3 is 0 Å². The molecule has 9 heteroatoms. The quantitative estimate of drug-likeness (QED) is 0.311. The number of methoxy groups -OCH3 is 1. The number of anilines is 1. The van der Waals surface area contributed by atoms with E-state index in [1.807, 2.05) is 71.0 Å². The molecule has 220 valence electrons. The molecule has 0 aliphatic heterocycles. The number of nitrogens with one attached hydrogen (secondary N) is 1. The van der Waals surface area contributed by atoms with E-state index < -0.39 is 28.5 Å². The number of carbonyl (C=O) groups excluding carboxylic acids is 2. The average molecular weight is 580 g/mol. The van der Waals surface area contributed by atoms with E-state index in [1.54, 1.807) is 24.3 Å². The van der Waals surface area contributed by atoms with Crippen LogP contribution in [0.4, 0.5) is 5.69 Å². The second-order valence-corrected chi connectivity index (χ2v) is 12.3. The standard InChI is InChI=1S/C32H41N3O5S/c1-7-28(32(37)33-23(2)3)34(20-19-26-11-9-8-10-12-26)31(36)22-35(29-21-25(5)15-18-30(29)40-6)41(38,39)27-16-13-24(4)14-17-27/h8-18,21,23,28H,7,19-20,22H2,1-6H3,(H,33,37)/t28-/m1/s1. The maximum Gasteiger partial charge on any atom is 0.264 e. The number of amides is 2. The van der Waals surface area contributed by atoms with Crippen LogP contribution in [0, 0.1) is 13.8 Å². The van der Waals surface area contributed by atoms with E-state index in [9.17, 15) is 18.0 Å². The van der Waals surface area contributed by atoms with Gasteiger partial charge < -0.3 is 15.0 Å². The normalized spacial score (nSPS) is 12.1.